The highest BCUT2D eigenvalue weighted by Gasteiger charge is 2.22. The number of ether oxygens (including phenoxy) is 1. The Balaban J connectivity index is 2.54. The van der Waals surface area contributed by atoms with Crippen LogP contribution in [0.2, 0.25) is 0 Å². The summed E-state index contributed by atoms with van der Waals surface area (Å²) in [6, 6.07) is 4.23. The number of fused-ring (bicyclic) bond motifs is 1. The van der Waals surface area contributed by atoms with Crippen LogP contribution in [0.5, 0.6) is 5.75 Å². The fourth-order valence-electron chi connectivity index (χ4n) is 1.99. The number of benzene rings is 1. The molecule has 15 heavy (non-hydrogen) atoms. The maximum Gasteiger partial charge on any atom is 0.190 e. The minimum atomic E-state index is 0.145. The fourth-order valence-corrected chi connectivity index (χ4v) is 1.99. The molecule has 0 fully saturated rings. The highest BCUT2D eigenvalue weighted by molar-refractivity contribution is 5.66. The lowest BCUT2D eigenvalue weighted by Gasteiger charge is -2.22. The fraction of sp³-hybridized carbons (Fsp3) is 0.385. The third-order valence-corrected chi connectivity index (χ3v) is 2.64. The Morgan fingerprint density at radius 2 is 1.93 bits per heavy atom. The monoisotopic (exact) mass is 203 g/mol. The van der Waals surface area contributed by atoms with Crippen molar-refractivity contribution in [2.75, 3.05) is 5.32 Å². The van der Waals surface area contributed by atoms with Gasteiger partial charge in [-0.3, -0.25) is 0 Å². The second-order valence-electron chi connectivity index (χ2n) is 5.06. The quantitative estimate of drug-likeness (QED) is 0.696. The Labute approximate surface area is 91.0 Å². The summed E-state index contributed by atoms with van der Waals surface area (Å²) in [5.41, 5.74) is 3.77. The highest BCUT2D eigenvalue weighted by atomic mass is 16.5. The van der Waals surface area contributed by atoms with E-state index in [-0.39, 0.29) is 5.41 Å². The van der Waals surface area contributed by atoms with Crippen LogP contribution in [-0.2, 0) is 5.41 Å². The molecule has 0 spiro atoms. The molecule has 0 saturated carbocycles. The third-order valence-electron chi connectivity index (χ3n) is 2.64. The van der Waals surface area contributed by atoms with Crippen molar-refractivity contribution in [1.29, 1.82) is 0 Å². The van der Waals surface area contributed by atoms with Gasteiger partial charge in [0.2, 0.25) is 0 Å². The Morgan fingerprint density at radius 1 is 1.27 bits per heavy atom. The lowest BCUT2D eigenvalue weighted by atomic mass is 9.84. The predicted octanol–water partition coefficient (Wildman–Crippen LogP) is 3.57. The molecule has 0 aromatic heterocycles. The van der Waals surface area contributed by atoms with Gasteiger partial charge < -0.3 is 10.1 Å². The SMILES string of the molecule is C=C1Nc2cc(C)c(C(C)(C)C)cc2O1. The van der Waals surface area contributed by atoms with Crippen LogP contribution in [0.1, 0.15) is 31.9 Å². The standard InChI is InChI=1S/C13H17NO/c1-8-6-11-12(15-9(2)14-11)7-10(8)13(3,4)5/h6-7,14H,2H2,1,3-5H3. The number of anilines is 1. The Bertz CT molecular complexity index is 427. The second kappa shape index (κ2) is 3.02. The Morgan fingerprint density at radius 3 is 2.53 bits per heavy atom. The summed E-state index contributed by atoms with van der Waals surface area (Å²) in [4.78, 5) is 0. The minimum Gasteiger partial charge on any atom is -0.440 e. The van der Waals surface area contributed by atoms with Crippen LogP contribution >= 0.6 is 0 Å². The first-order valence-electron chi connectivity index (χ1n) is 5.17. The van der Waals surface area contributed by atoms with Gasteiger partial charge in [0.15, 0.2) is 11.6 Å². The molecule has 1 aromatic rings. The largest absolute Gasteiger partial charge is 0.440 e. The average molecular weight is 203 g/mol. The van der Waals surface area contributed by atoms with E-state index in [1.165, 1.54) is 11.1 Å². The summed E-state index contributed by atoms with van der Waals surface area (Å²) in [6.45, 7) is 12.5. The van der Waals surface area contributed by atoms with E-state index in [1.807, 2.05) is 0 Å². The molecule has 1 N–H and O–H groups in total. The molecule has 2 nitrogen and oxygen atoms in total. The van der Waals surface area contributed by atoms with Gasteiger partial charge in [0.05, 0.1) is 5.69 Å². The summed E-state index contributed by atoms with van der Waals surface area (Å²) in [5, 5.41) is 3.10. The van der Waals surface area contributed by atoms with E-state index in [9.17, 15) is 0 Å². The number of hydrogen-bond acceptors (Lipinski definition) is 2. The molecule has 2 heteroatoms. The van der Waals surface area contributed by atoms with Gasteiger partial charge >= 0.3 is 0 Å². The first kappa shape index (κ1) is 10.1. The molecule has 0 unspecified atom stereocenters. The lowest BCUT2D eigenvalue weighted by Crippen LogP contribution is -2.12. The van der Waals surface area contributed by atoms with Gasteiger partial charge in [0.1, 0.15) is 0 Å². The highest BCUT2D eigenvalue weighted by Crippen LogP contribution is 2.38. The zero-order chi connectivity index (χ0) is 11.2. The van der Waals surface area contributed by atoms with Crippen LogP contribution in [0.3, 0.4) is 0 Å². The van der Waals surface area contributed by atoms with Gasteiger partial charge in [-0.05, 0) is 42.2 Å². The van der Waals surface area contributed by atoms with Gasteiger partial charge in [-0.2, -0.15) is 0 Å². The van der Waals surface area contributed by atoms with Crippen molar-refractivity contribution in [1.82, 2.24) is 0 Å². The van der Waals surface area contributed by atoms with Crippen LogP contribution < -0.4 is 10.1 Å². The molecule has 1 aromatic carbocycles. The zero-order valence-electron chi connectivity index (χ0n) is 9.77. The van der Waals surface area contributed by atoms with E-state index in [4.69, 9.17) is 4.74 Å². The van der Waals surface area contributed by atoms with Crippen LogP contribution in [0.4, 0.5) is 5.69 Å². The molecule has 1 heterocycles. The summed E-state index contributed by atoms with van der Waals surface area (Å²) >= 11 is 0. The van der Waals surface area contributed by atoms with Crippen LogP contribution in [0.15, 0.2) is 24.6 Å². The summed E-state index contributed by atoms with van der Waals surface area (Å²) in [5.74, 6) is 1.49. The van der Waals surface area contributed by atoms with E-state index in [0.29, 0.717) is 5.88 Å². The van der Waals surface area contributed by atoms with Gasteiger partial charge in [0.25, 0.3) is 0 Å². The van der Waals surface area contributed by atoms with Crippen molar-refractivity contribution in [3.05, 3.63) is 35.7 Å². The minimum absolute atomic E-state index is 0.145. The summed E-state index contributed by atoms with van der Waals surface area (Å²) in [7, 11) is 0. The summed E-state index contributed by atoms with van der Waals surface area (Å²) in [6.07, 6.45) is 0. The van der Waals surface area contributed by atoms with Crippen molar-refractivity contribution in [2.45, 2.75) is 33.1 Å². The van der Waals surface area contributed by atoms with Gasteiger partial charge in [-0.25, -0.2) is 0 Å². The van der Waals surface area contributed by atoms with Gasteiger partial charge in [-0.15, -0.1) is 0 Å². The molecule has 0 saturated heterocycles. The van der Waals surface area contributed by atoms with Crippen molar-refractivity contribution in [3.8, 4) is 5.75 Å². The first-order valence-corrected chi connectivity index (χ1v) is 5.17. The molecule has 0 aliphatic carbocycles. The predicted molar refractivity (Wildman–Crippen MR) is 63.3 cm³/mol. The van der Waals surface area contributed by atoms with E-state index in [0.717, 1.165) is 11.4 Å². The van der Waals surface area contributed by atoms with Crippen LogP contribution in [0.25, 0.3) is 0 Å². The smallest absolute Gasteiger partial charge is 0.190 e. The van der Waals surface area contributed by atoms with E-state index in [2.05, 4.69) is 51.7 Å². The topological polar surface area (TPSA) is 21.3 Å². The lowest BCUT2D eigenvalue weighted by molar-refractivity contribution is 0.457. The van der Waals surface area contributed by atoms with Crippen molar-refractivity contribution in [2.24, 2.45) is 0 Å². The van der Waals surface area contributed by atoms with Gasteiger partial charge in [-0.1, -0.05) is 20.8 Å². The maximum atomic E-state index is 5.49. The number of nitrogens with one attached hydrogen (secondary N) is 1. The van der Waals surface area contributed by atoms with E-state index < -0.39 is 0 Å². The number of hydrogen-bond donors (Lipinski definition) is 1. The second-order valence-corrected chi connectivity index (χ2v) is 5.06. The Hall–Kier alpha value is -1.44. The molecular weight excluding hydrogens is 186 g/mol. The molecule has 0 amide bonds. The average Bonchev–Trinajstić information content (AvgIpc) is 2.40. The molecule has 0 bridgehead atoms. The molecule has 0 radical (unpaired) electrons. The molecule has 80 valence electrons. The molecule has 1 aliphatic rings. The molecule has 2 rings (SSSR count). The Kier molecular flexibility index (Phi) is 2.03. The number of aryl methyl sites for hydroxylation is 1. The maximum absolute atomic E-state index is 5.49. The summed E-state index contributed by atoms with van der Waals surface area (Å²) < 4.78 is 5.49. The van der Waals surface area contributed by atoms with Crippen molar-refractivity contribution in [3.63, 3.8) is 0 Å². The first-order chi connectivity index (χ1) is 6.88. The molecule has 1 aliphatic heterocycles. The zero-order valence-corrected chi connectivity index (χ0v) is 9.77. The third kappa shape index (κ3) is 1.72. The van der Waals surface area contributed by atoms with Crippen LogP contribution in [-0.4, -0.2) is 0 Å². The van der Waals surface area contributed by atoms with Crippen molar-refractivity contribution >= 4 is 5.69 Å². The molecule has 0 atom stereocenters. The van der Waals surface area contributed by atoms with Gasteiger partial charge in [0, 0.05) is 0 Å². The van der Waals surface area contributed by atoms with Crippen molar-refractivity contribution < 1.29 is 4.74 Å². The van der Waals surface area contributed by atoms with E-state index in [1.54, 1.807) is 0 Å². The normalized spacial score (nSPS) is 14.5. The number of rotatable bonds is 0. The van der Waals surface area contributed by atoms with Crippen LogP contribution in [0, 0.1) is 6.92 Å². The molecular formula is C13H17NO. The van der Waals surface area contributed by atoms with E-state index >= 15 is 0 Å².